The second-order valence-electron chi connectivity index (χ2n) is 4.65. The van der Waals surface area contributed by atoms with Gasteiger partial charge in [0, 0.05) is 6.54 Å². The van der Waals surface area contributed by atoms with Crippen molar-refractivity contribution in [3.63, 3.8) is 0 Å². The van der Waals surface area contributed by atoms with Crippen molar-refractivity contribution in [1.82, 2.24) is 4.90 Å². The average Bonchev–Trinajstić information content (AvgIpc) is 2.75. The van der Waals surface area contributed by atoms with Crippen LogP contribution in [0.1, 0.15) is 42.0 Å². The molecule has 1 saturated heterocycles. The third kappa shape index (κ3) is 2.73. The van der Waals surface area contributed by atoms with Crippen molar-refractivity contribution in [3.8, 4) is 0 Å². The van der Waals surface area contributed by atoms with Crippen LogP contribution in [0.3, 0.4) is 0 Å². The van der Waals surface area contributed by atoms with Gasteiger partial charge >= 0.3 is 0 Å². The van der Waals surface area contributed by atoms with E-state index >= 15 is 0 Å². The molecule has 1 aromatic rings. The minimum Gasteiger partial charge on any atom is -0.455 e. The first-order chi connectivity index (χ1) is 8.76. The Kier molecular flexibility index (Phi) is 4.38. The summed E-state index contributed by atoms with van der Waals surface area (Å²) in [6, 6.07) is 3.29. The first-order valence-corrected chi connectivity index (χ1v) is 6.47. The van der Waals surface area contributed by atoms with Crippen molar-refractivity contribution in [2.45, 2.75) is 38.3 Å². The summed E-state index contributed by atoms with van der Waals surface area (Å²) in [5.41, 5.74) is 5.46. The summed E-state index contributed by atoms with van der Waals surface area (Å²) < 4.78 is 5.38. The molecule has 0 spiro atoms. The first kappa shape index (κ1) is 13.1. The minimum absolute atomic E-state index is 0.0101. The van der Waals surface area contributed by atoms with E-state index in [-0.39, 0.29) is 25.1 Å². The molecule has 1 aromatic heterocycles. The smallest absolute Gasteiger partial charge is 0.289 e. The van der Waals surface area contributed by atoms with Crippen LogP contribution in [0.4, 0.5) is 0 Å². The Balaban J connectivity index is 2.14. The van der Waals surface area contributed by atoms with Crippen LogP contribution in [0.15, 0.2) is 16.5 Å². The minimum atomic E-state index is -0.143. The molecule has 1 amide bonds. The van der Waals surface area contributed by atoms with Crippen LogP contribution in [-0.2, 0) is 6.54 Å². The summed E-state index contributed by atoms with van der Waals surface area (Å²) in [4.78, 5) is 14.1. The van der Waals surface area contributed by atoms with Gasteiger partial charge in [-0.2, -0.15) is 0 Å². The molecule has 1 fully saturated rings. The van der Waals surface area contributed by atoms with Crippen molar-refractivity contribution in [1.29, 1.82) is 0 Å². The predicted molar refractivity (Wildman–Crippen MR) is 67.0 cm³/mol. The number of nitrogens with zero attached hydrogens (tertiary/aromatic N) is 1. The summed E-state index contributed by atoms with van der Waals surface area (Å²) in [5.74, 6) is 0.778. The van der Waals surface area contributed by atoms with Crippen molar-refractivity contribution >= 4 is 5.91 Å². The summed E-state index contributed by atoms with van der Waals surface area (Å²) in [5, 5.41) is 9.39. The third-order valence-corrected chi connectivity index (χ3v) is 3.42. The van der Waals surface area contributed by atoms with E-state index in [2.05, 4.69) is 0 Å². The van der Waals surface area contributed by atoms with E-state index in [1.54, 1.807) is 17.0 Å². The lowest BCUT2D eigenvalue weighted by Gasteiger charge is -2.27. The topological polar surface area (TPSA) is 79.7 Å². The summed E-state index contributed by atoms with van der Waals surface area (Å²) in [6.45, 7) is 0.982. The monoisotopic (exact) mass is 252 g/mol. The Morgan fingerprint density at radius 1 is 1.44 bits per heavy atom. The van der Waals surface area contributed by atoms with Crippen molar-refractivity contribution in [2.24, 2.45) is 5.73 Å². The highest BCUT2D eigenvalue weighted by Gasteiger charge is 2.27. The molecule has 0 saturated carbocycles. The molecular weight excluding hydrogens is 232 g/mol. The molecule has 1 unspecified atom stereocenters. The van der Waals surface area contributed by atoms with Gasteiger partial charge in [0.05, 0.1) is 19.2 Å². The second kappa shape index (κ2) is 6.02. The molecule has 0 bridgehead atoms. The maximum Gasteiger partial charge on any atom is 0.289 e. The fourth-order valence-electron chi connectivity index (χ4n) is 2.38. The Bertz CT molecular complexity index is 403. The molecule has 5 heteroatoms. The van der Waals surface area contributed by atoms with Crippen LogP contribution < -0.4 is 5.73 Å². The number of hydrogen-bond donors (Lipinski definition) is 2. The van der Waals surface area contributed by atoms with E-state index in [1.165, 1.54) is 0 Å². The number of rotatable bonds is 3. The van der Waals surface area contributed by atoms with Gasteiger partial charge in [0.15, 0.2) is 5.76 Å². The average molecular weight is 252 g/mol. The molecule has 100 valence electrons. The van der Waals surface area contributed by atoms with E-state index in [0.29, 0.717) is 18.1 Å². The molecule has 1 aliphatic heterocycles. The standard InChI is InChI=1S/C13H20N2O3/c14-8-11-5-6-12(18-11)13(17)15-7-3-1-2-4-10(15)9-16/h5-6,10,16H,1-4,7-9,14H2. The van der Waals surface area contributed by atoms with Crippen LogP contribution in [0.5, 0.6) is 0 Å². The molecule has 1 atom stereocenters. The number of furan rings is 1. The number of aliphatic hydroxyl groups excluding tert-OH is 1. The Labute approximate surface area is 107 Å². The quantitative estimate of drug-likeness (QED) is 0.844. The van der Waals surface area contributed by atoms with E-state index in [0.717, 1.165) is 25.7 Å². The second-order valence-corrected chi connectivity index (χ2v) is 4.65. The van der Waals surface area contributed by atoms with Gasteiger partial charge in [0.25, 0.3) is 5.91 Å². The van der Waals surface area contributed by atoms with Crippen LogP contribution in [0.2, 0.25) is 0 Å². The predicted octanol–water partition coefficient (Wildman–Crippen LogP) is 1.12. The molecule has 0 aliphatic carbocycles. The molecule has 2 heterocycles. The number of carbonyl (C=O) groups is 1. The van der Waals surface area contributed by atoms with Crippen LogP contribution in [0.25, 0.3) is 0 Å². The highest BCUT2D eigenvalue weighted by molar-refractivity contribution is 5.91. The molecule has 5 nitrogen and oxygen atoms in total. The highest BCUT2D eigenvalue weighted by Crippen LogP contribution is 2.20. The summed E-state index contributed by atoms with van der Waals surface area (Å²) in [6.07, 6.45) is 3.99. The van der Waals surface area contributed by atoms with Gasteiger partial charge in [0.2, 0.25) is 0 Å². The molecule has 18 heavy (non-hydrogen) atoms. The van der Waals surface area contributed by atoms with Gasteiger partial charge < -0.3 is 20.2 Å². The molecule has 0 aromatic carbocycles. The van der Waals surface area contributed by atoms with Gasteiger partial charge in [-0.25, -0.2) is 0 Å². The number of likely N-dealkylation sites (tertiary alicyclic amines) is 1. The van der Waals surface area contributed by atoms with Gasteiger partial charge in [-0.1, -0.05) is 12.8 Å². The van der Waals surface area contributed by atoms with Crippen molar-refractivity contribution < 1.29 is 14.3 Å². The lowest BCUT2D eigenvalue weighted by atomic mass is 10.1. The van der Waals surface area contributed by atoms with Crippen LogP contribution >= 0.6 is 0 Å². The third-order valence-electron chi connectivity index (χ3n) is 3.42. The highest BCUT2D eigenvalue weighted by atomic mass is 16.4. The zero-order valence-corrected chi connectivity index (χ0v) is 10.5. The van der Waals surface area contributed by atoms with E-state index < -0.39 is 0 Å². The molecule has 0 radical (unpaired) electrons. The van der Waals surface area contributed by atoms with Gasteiger partial charge in [-0.05, 0) is 25.0 Å². The number of hydrogen-bond acceptors (Lipinski definition) is 4. The largest absolute Gasteiger partial charge is 0.455 e. The van der Waals surface area contributed by atoms with Crippen LogP contribution in [-0.4, -0.2) is 35.1 Å². The lowest BCUT2D eigenvalue weighted by Crippen LogP contribution is -2.41. The van der Waals surface area contributed by atoms with Gasteiger partial charge in [-0.15, -0.1) is 0 Å². The number of amides is 1. The maximum atomic E-state index is 12.3. The first-order valence-electron chi connectivity index (χ1n) is 6.47. The fraction of sp³-hybridized carbons (Fsp3) is 0.615. The van der Waals surface area contributed by atoms with E-state index in [4.69, 9.17) is 10.2 Å². The van der Waals surface area contributed by atoms with Gasteiger partial charge in [-0.3, -0.25) is 4.79 Å². The molecule has 2 rings (SSSR count). The number of carbonyl (C=O) groups excluding carboxylic acids is 1. The van der Waals surface area contributed by atoms with E-state index in [1.807, 2.05) is 0 Å². The molecule has 3 N–H and O–H groups in total. The summed E-state index contributed by atoms with van der Waals surface area (Å²) >= 11 is 0. The Morgan fingerprint density at radius 3 is 2.94 bits per heavy atom. The van der Waals surface area contributed by atoms with Crippen molar-refractivity contribution in [3.05, 3.63) is 23.7 Å². The van der Waals surface area contributed by atoms with Crippen molar-refractivity contribution in [2.75, 3.05) is 13.2 Å². The Hall–Kier alpha value is -1.33. The van der Waals surface area contributed by atoms with Gasteiger partial charge in [0.1, 0.15) is 5.76 Å². The summed E-state index contributed by atoms with van der Waals surface area (Å²) in [7, 11) is 0. The Morgan fingerprint density at radius 2 is 2.28 bits per heavy atom. The number of nitrogens with two attached hydrogens (primary N) is 1. The SMILES string of the molecule is NCc1ccc(C(=O)N2CCCCCC2CO)o1. The maximum absolute atomic E-state index is 12.3. The lowest BCUT2D eigenvalue weighted by molar-refractivity contribution is 0.0567. The van der Waals surface area contributed by atoms with Crippen LogP contribution in [0, 0.1) is 0 Å². The zero-order valence-electron chi connectivity index (χ0n) is 10.5. The number of aliphatic hydroxyl groups is 1. The van der Waals surface area contributed by atoms with E-state index in [9.17, 15) is 9.90 Å². The molecule has 1 aliphatic rings. The normalized spacial score (nSPS) is 20.8. The fourth-order valence-corrected chi connectivity index (χ4v) is 2.38. The zero-order chi connectivity index (χ0) is 13.0. The molecular formula is C13H20N2O3.